The lowest BCUT2D eigenvalue weighted by atomic mass is 10.2. The Morgan fingerprint density at radius 1 is 1.17 bits per heavy atom. The SMILES string of the molecule is Cc1nn(-c2ccccc2O)c2cc(N)ccc12. The summed E-state index contributed by atoms with van der Waals surface area (Å²) in [4.78, 5) is 0. The minimum Gasteiger partial charge on any atom is -0.506 e. The number of para-hydroxylation sites is 2. The third-order valence-electron chi connectivity index (χ3n) is 3.00. The molecule has 0 bridgehead atoms. The van der Waals surface area contributed by atoms with Crippen molar-refractivity contribution in [2.75, 3.05) is 5.73 Å². The third kappa shape index (κ3) is 1.50. The number of aromatic nitrogens is 2. The molecule has 0 aliphatic carbocycles. The Labute approximate surface area is 104 Å². The first kappa shape index (κ1) is 10.7. The largest absolute Gasteiger partial charge is 0.506 e. The van der Waals surface area contributed by atoms with E-state index in [0.717, 1.165) is 16.6 Å². The van der Waals surface area contributed by atoms with Crippen molar-refractivity contribution < 1.29 is 5.11 Å². The minimum atomic E-state index is 0.198. The number of phenolic OH excluding ortho intramolecular Hbond substituents is 1. The van der Waals surface area contributed by atoms with Crippen LogP contribution < -0.4 is 5.73 Å². The molecular weight excluding hydrogens is 226 g/mol. The monoisotopic (exact) mass is 239 g/mol. The van der Waals surface area contributed by atoms with Crippen molar-refractivity contribution in [1.29, 1.82) is 0 Å². The molecule has 2 aromatic carbocycles. The second kappa shape index (κ2) is 3.77. The fourth-order valence-corrected chi connectivity index (χ4v) is 2.11. The highest BCUT2D eigenvalue weighted by atomic mass is 16.3. The van der Waals surface area contributed by atoms with Crippen molar-refractivity contribution in [3.63, 3.8) is 0 Å². The van der Waals surface area contributed by atoms with E-state index in [-0.39, 0.29) is 5.75 Å². The first-order chi connectivity index (χ1) is 8.66. The molecule has 4 nitrogen and oxygen atoms in total. The zero-order valence-electron chi connectivity index (χ0n) is 9.96. The summed E-state index contributed by atoms with van der Waals surface area (Å²) < 4.78 is 1.72. The van der Waals surface area contributed by atoms with Gasteiger partial charge in [0.25, 0.3) is 0 Å². The van der Waals surface area contributed by atoms with E-state index >= 15 is 0 Å². The van der Waals surface area contributed by atoms with Crippen LogP contribution in [0.15, 0.2) is 42.5 Å². The molecule has 0 fully saturated rings. The van der Waals surface area contributed by atoms with E-state index in [1.807, 2.05) is 37.3 Å². The van der Waals surface area contributed by atoms with Crippen LogP contribution in [0.1, 0.15) is 5.69 Å². The summed E-state index contributed by atoms with van der Waals surface area (Å²) in [5.74, 6) is 0.198. The summed E-state index contributed by atoms with van der Waals surface area (Å²) in [5.41, 5.74) is 8.96. The van der Waals surface area contributed by atoms with Crippen LogP contribution in [0.5, 0.6) is 5.75 Å². The van der Waals surface area contributed by atoms with Gasteiger partial charge in [-0.1, -0.05) is 12.1 Å². The highest BCUT2D eigenvalue weighted by Gasteiger charge is 2.11. The molecule has 0 saturated carbocycles. The van der Waals surface area contributed by atoms with Crippen LogP contribution in [0.2, 0.25) is 0 Å². The number of phenols is 1. The van der Waals surface area contributed by atoms with Crippen molar-refractivity contribution in [1.82, 2.24) is 9.78 Å². The van der Waals surface area contributed by atoms with E-state index in [4.69, 9.17) is 5.73 Å². The molecule has 90 valence electrons. The maximum atomic E-state index is 9.91. The summed E-state index contributed by atoms with van der Waals surface area (Å²) in [6.07, 6.45) is 0. The second-order valence-electron chi connectivity index (χ2n) is 4.26. The average Bonchev–Trinajstić information content (AvgIpc) is 2.67. The van der Waals surface area contributed by atoms with Crippen LogP contribution in [0.3, 0.4) is 0 Å². The van der Waals surface area contributed by atoms with Crippen molar-refractivity contribution in [2.24, 2.45) is 0 Å². The van der Waals surface area contributed by atoms with E-state index in [1.165, 1.54) is 0 Å². The number of nitrogens with zero attached hydrogens (tertiary/aromatic N) is 2. The number of nitrogens with two attached hydrogens (primary N) is 1. The van der Waals surface area contributed by atoms with Crippen molar-refractivity contribution >= 4 is 16.6 Å². The molecule has 0 spiro atoms. The molecule has 0 aliphatic heterocycles. The van der Waals surface area contributed by atoms with E-state index in [9.17, 15) is 5.11 Å². The van der Waals surface area contributed by atoms with Gasteiger partial charge in [0.15, 0.2) is 0 Å². The molecule has 0 amide bonds. The summed E-state index contributed by atoms with van der Waals surface area (Å²) in [5, 5.41) is 15.4. The molecule has 1 heterocycles. The minimum absolute atomic E-state index is 0.198. The van der Waals surface area contributed by atoms with E-state index < -0.39 is 0 Å². The molecule has 0 unspecified atom stereocenters. The van der Waals surface area contributed by atoms with Gasteiger partial charge in [0.05, 0.1) is 11.2 Å². The summed E-state index contributed by atoms with van der Waals surface area (Å²) in [6.45, 7) is 1.94. The zero-order chi connectivity index (χ0) is 12.7. The number of hydrogen-bond donors (Lipinski definition) is 2. The molecule has 0 aliphatic rings. The highest BCUT2D eigenvalue weighted by molar-refractivity contribution is 5.86. The van der Waals surface area contributed by atoms with Gasteiger partial charge >= 0.3 is 0 Å². The lowest BCUT2D eigenvalue weighted by Gasteiger charge is -2.05. The van der Waals surface area contributed by atoms with Crippen LogP contribution in [0.25, 0.3) is 16.6 Å². The molecule has 18 heavy (non-hydrogen) atoms. The molecule has 0 saturated heterocycles. The zero-order valence-corrected chi connectivity index (χ0v) is 9.96. The van der Waals surface area contributed by atoms with Gasteiger partial charge in [-0.3, -0.25) is 0 Å². The standard InChI is InChI=1S/C14H13N3O/c1-9-11-7-6-10(15)8-13(11)17(16-9)12-4-2-3-5-14(12)18/h2-8,18H,15H2,1H3. The van der Waals surface area contributed by atoms with Gasteiger partial charge in [-0.15, -0.1) is 0 Å². The van der Waals surface area contributed by atoms with Gasteiger partial charge in [-0.05, 0) is 37.3 Å². The lowest BCUT2D eigenvalue weighted by molar-refractivity contribution is 0.471. The molecule has 4 heteroatoms. The maximum Gasteiger partial charge on any atom is 0.141 e. The highest BCUT2D eigenvalue weighted by Crippen LogP contribution is 2.27. The van der Waals surface area contributed by atoms with Crippen molar-refractivity contribution in [2.45, 2.75) is 6.92 Å². The fraction of sp³-hybridized carbons (Fsp3) is 0.0714. The molecule has 3 rings (SSSR count). The summed E-state index contributed by atoms with van der Waals surface area (Å²) >= 11 is 0. The van der Waals surface area contributed by atoms with Gasteiger partial charge < -0.3 is 10.8 Å². The maximum absolute atomic E-state index is 9.91. The van der Waals surface area contributed by atoms with Crippen molar-refractivity contribution in [3.05, 3.63) is 48.2 Å². The Bertz CT molecular complexity index is 731. The van der Waals surface area contributed by atoms with Gasteiger partial charge in [0.1, 0.15) is 11.4 Å². The van der Waals surface area contributed by atoms with Crippen LogP contribution >= 0.6 is 0 Å². The van der Waals surface area contributed by atoms with E-state index in [1.54, 1.807) is 16.8 Å². The summed E-state index contributed by atoms with van der Waals surface area (Å²) in [7, 11) is 0. The first-order valence-electron chi connectivity index (χ1n) is 5.70. The quantitative estimate of drug-likeness (QED) is 0.641. The predicted octanol–water partition coefficient (Wildman–Crippen LogP) is 2.62. The Morgan fingerprint density at radius 3 is 2.72 bits per heavy atom. The number of anilines is 1. The molecule has 3 aromatic rings. The number of rotatable bonds is 1. The number of benzene rings is 2. The van der Waals surface area contributed by atoms with Crippen LogP contribution in [0.4, 0.5) is 5.69 Å². The van der Waals surface area contributed by atoms with Gasteiger partial charge in [-0.2, -0.15) is 5.10 Å². The third-order valence-corrected chi connectivity index (χ3v) is 3.00. The smallest absolute Gasteiger partial charge is 0.141 e. The van der Waals surface area contributed by atoms with E-state index in [0.29, 0.717) is 11.4 Å². The molecule has 1 aromatic heterocycles. The number of aryl methyl sites for hydroxylation is 1. The van der Waals surface area contributed by atoms with Gasteiger partial charge in [0, 0.05) is 11.1 Å². The van der Waals surface area contributed by atoms with Crippen LogP contribution in [0, 0.1) is 6.92 Å². The van der Waals surface area contributed by atoms with E-state index in [2.05, 4.69) is 5.10 Å². The Balaban J connectivity index is 2.36. The second-order valence-corrected chi connectivity index (χ2v) is 4.26. The summed E-state index contributed by atoms with van der Waals surface area (Å²) in [6, 6.07) is 12.8. The van der Waals surface area contributed by atoms with Crippen LogP contribution in [-0.4, -0.2) is 14.9 Å². The molecule has 3 N–H and O–H groups in total. The topological polar surface area (TPSA) is 64.1 Å². The van der Waals surface area contributed by atoms with Crippen LogP contribution in [-0.2, 0) is 0 Å². The normalized spacial score (nSPS) is 10.9. The molecule has 0 radical (unpaired) electrons. The molecular formula is C14H13N3O. The number of aromatic hydroxyl groups is 1. The Hall–Kier alpha value is -2.49. The Morgan fingerprint density at radius 2 is 1.94 bits per heavy atom. The van der Waals surface area contributed by atoms with Crippen molar-refractivity contribution in [3.8, 4) is 11.4 Å². The fourth-order valence-electron chi connectivity index (χ4n) is 2.11. The number of nitrogen functional groups attached to an aromatic ring is 1. The average molecular weight is 239 g/mol. The number of fused-ring (bicyclic) bond motifs is 1. The van der Waals surface area contributed by atoms with Gasteiger partial charge in [-0.25, -0.2) is 4.68 Å². The van der Waals surface area contributed by atoms with Gasteiger partial charge in [0.2, 0.25) is 0 Å². The number of hydrogen-bond acceptors (Lipinski definition) is 3. The molecule has 0 atom stereocenters. The lowest BCUT2D eigenvalue weighted by Crippen LogP contribution is -1.97. The Kier molecular flexibility index (Phi) is 2.23. The first-order valence-corrected chi connectivity index (χ1v) is 5.70. The predicted molar refractivity (Wildman–Crippen MR) is 71.9 cm³/mol.